The molecule has 1 aromatic rings. The number of hydrogen-bond acceptors (Lipinski definition) is 1. The fraction of sp³-hybridized carbons (Fsp3) is 0.700. The van der Waals surface area contributed by atoms with E-state index in [4.69, 9.17) is 0 Å². The molecule has 0 unspecified atom stereocenters. The van der Waals surface area contributed by atoms with E-state index in [-0.39, 0.29) is 0 Å². The monoisotopic (exact) mass is 166 g/mol. The Bertz CT molecular complexity index is 248. The minimum Gasteiger partial charge on any atom is -0.335 e. The highest BCUT2D eigenvalue weighted by Crippen LogP contribution is 2.13. The molecule has 0 aromatic carbocycles. The molecule has 68 valence electrons. The van der Waals surface area contributed by atoms with Crippen molar-refractivity contribution in [2.45, 2.75) is 46.6 Å². The average Bonchev–Trinajstić information content (AvgIpc) is 2.34. The van der Waals surface area contributed by atoms with Gasteiger partial charge in [0.05, 0.1) is 5.69 Å². The molecule has 0 aliphatic heterocycles. The van der Waals surface area contributed by atoms with Gasteiger partial charge in [-0.05, 0) is 19.3 Å². The molecule has 0 saturated carbocycles. The van der Waals surface area contributed by atoms with Crippen molar-refractivity contribution >= 4 is 0 Å². The molecule has 0 aliphatic rings. The molecule has 1 rings (SSSR count). The summed E-state index contributed by atoms with van der Waals surface area (Å²) in [6.45, 7) is 9.71. The van der Waals surface area contributed by atoms with Gasteiger partial charge in [-0.2, -0.15) is 0 Å². The number of aryl methyl sites for hydroxylation is 2. The Hall–Kier alpha value is -0.790. The summed E-state index contributed by atoms with van der Waals surface area (Å²) in [5.74, 6) is 1.68. The van der Waals surface area contributed by atoms with Gasteiger partial charge >= 0.3 is 0 Å². The lowest BCUT2D eigenvalue weighted by Crippen LogP contribution is -1.96. The second kappa shape index (κ2) is 3.74. The SMILES string of the molecule is CCCn1cc(C(C)C)nc1C. The third-order valence-electron chi connectivity index (χ3n) is 2.05. The van der Waals surface area contributed by atoms with Crippen LogP contribution in [-0.2, 0) is 6.54 Å². The Kier molecular flexibility index (Phi) is 2.90. The van der Waals surface area contributed by atoms with Crippen molar-refractivity contribution in [1.82, 2.24) is 9.55 Å². The maximum absolute atomic E-state index is 4.49. The van der Waals surface area contributed by atoms with Gasteiger partial charge in [0.15, 0.2) is 0 Å². The maximum Gasteiger partial charge on any atom is 0.105 e. The molecule has 0 radical (unpaired) electrons. The zero-order valence-corrected chi connectivity index (χ0v) is 8.46. The molecule has 1 heterocycles. The summed E-state index contributed by atoms with van der Waals surface area (Å²) in [4.78, 5) is 4.49. The lowest BCUT2D eigenvalue weighted by Gasteiger charge is -1.99. The van der Waals surface area contributed by atoms with Crippen molar-refractivity contribution in [2.24, 2.45) is 0 Å². The van der Waals surface area contributed by atoms with Crippen molar-refractivity contribution in [3.8, 4) is 0 Å². The maximum atomic E-state index is 4.49. The second-order valence-corrected chi connectivity index (χ2v) is 3.56. The van der Waals surface area contributed by atoms with Gasteiger partial charge in [0.2, 0.25) is 0 Å². The molecule has 0 saturated heterocycles. The van der Waals surface area contributed by atoms with Crippen LogP contribution in [0.15, 0.2) is 6.20 Å². The number of imidazole rings is 1. The first-order valence-electron chi connectivity index (χ1n) is 4.68. The van der Waals surface area contributed by atoms with Crippen molar-refractivity contribution in [2.75, 3.05) is 0 Å². The summed E-state index contributed by atoms with van der Waals surface area (Å²) < 4.78 is 2.23. The van der Waals surface area contributed by atoms with Crippen molar-refractivity contribution < 1.29 is 0 Å². The fourth-order valence-electron chi connectivity index (χ4n) is 1.28. The predicted molar refractivity (Wildman–Crippen MR) is 51.3 cm³/mol. The third-order valence-corrected chi connectivity index (χ3v) is 2.05. The lowest BCUT2D eigenvalue weighted by atomic mass is 10.2. The van der Waals surface area contributed by atoms with Crippen molar-refractivity contribution in [3.05, 3.63) is 17.7 Å². The van der Waals surface area contributed by atoms with Gasteiger partial charge in [-0.3, -0.25) is 0 Å². The number of aromatic nitrogens is 2. The van der Waals surface area contributed by atoms with Crippen LogP contribution in [0.2, 0.25) is 0 Å². The van der Waals surface area contributed by atoms with Crippen molar-refractivity contribution in [3.63, 3.8) is 0 Å². The van der Waals surface area contributed by atoms with E-state index in [0.29, 0.717) is 5.92 Å². The lowest BCUT2D eigenvalue weighted by molar-refractivity contribution is 0.657. The quantitative estimate of drug-likeness (QED) is 0.675. The number of rotatable bonds is 3. The molecule has 2 heteroatoms. The highest BCUT2D eigenvalue weighted by Gasteiger charge is 2.05. The minimum atomic E-state index is 0.543. The van der Waals surface area contributed by atoms with E-state index >= 15 is 0 Å². The Morgan fingerprint density at radius 1 is 1.50 bits per heavy atom. The average molecular weight is 166 g/mol. The molecule has 0 N–H and O–H groups in total. The summed E-state index contributed by atoms with van der Waals surface area (Å²) in [7, 11) is 0. The summed E-state index contributed by atoms with van der Waals surface area (Å²) in [6, 6.07) is 0. The molecule has 0 fully saturated rings. The van der Waals surface area contributed by atoms with E-state index in [1.807, 2.05) is 0 Å². The topological polar surface area (TPSA) is 17.8 Å². The molecule has 0 spiro atoms. The Labute approximate surface area is 74.6 Å². The molecular weight excluding hydrogens is 148 g/mol. The van der Waals surface area contributed by atoms with Gasteiger partial charge in [-0.1, -0.05) is 20.8 Å². The first-order valence-corrected chi connectivity index (χ1v) is 4.68. The normalized spacial score (nSPS) is 11.1. The van der Waals surface area contributed by atoms with Gasteiger partial charge in [-0.25, -0.2) is 4.98 Å². The molecular formula is C10H18N2. The standard InChI is InChI=1S/C10H18N2/c1-5-6-12-7-10(8(2)3)11-9(12)4/h7-8H,5-6H2,1-4H3. The van der Waals surface area contributed by atoms with E-state index in [0.717, 1.165) is 12.4 Å². The molecule has 2 nitrogen and oxygen atoms in total. The van der Waals surface area contributed by atoms with Crippen LogP contribution >= 0.6 is 0 Å². The first-order chi connectivity index (χ1) is 5.65. The third kappa shape index (κ3) is 1.87. The van der Waals surface area contributed by atoms with Crippen LogP contribution in [0.25, 0.3) is 0 Å². The van der Waals surface area contributed by atoms with Gasteiger partial charge in [0.25, 0.3) is 0 Å². The van der Waals surface area contributed by atoms with Gasteiger partial charge < -0.3 is 4.57 Å². The Balaban J connectivity index is 2.85. The zero-order valence-electron chi connectivity index (χ0n) is 8.46. The highest BCUT2D eigenvalue weighted by molar-refractivity contribution is 5.06. The molecule has 0 atom stereocenters. The number of nitrogens with zero attached hydrogens (tertiary/aromatic N) is 2. The van der Waals surface area contributed by atoms with Crippen LogP contribution in [0.1, 0.15) is 44.6 Å². The second-order valence-electron chi connectivity index (χ2n) is 3.56. The Morgan fingerprint density at radius 3 is 2.58 bits per heavy atom. The van der Waals surface area contributed by atoms with Gasteiger partial charge in [0, 0.05) is 12.7 Å². The van der Waals surface area contributed by atoms with Crippen LogP contribution in [0.4, 0.5) is 0 Å². The summed E-state index contributed by atoms with van der Waals surface area (Å²) in [5.41, 5.74) is 1.21. The van der Waals surface area contributed by atoms with E-state index in [1.54, 1.807) is 0 Å². The molecule has 1 aromatic heterocycles. The highest BCUT2D eigenvalue weighted by atomic mass is 15.1. The Morgan fingerprint density at radius 2 is 2.17 bits per heavy atom. The smallest absolute Gasteiger partial charge is 0.105 e. The van der Waals surface area contributed by atoms with Gasteiger partial charge in [-0.15, -0.1) is 0 Å². The zero-order chi connectivity index (χ0) is 9.14. The van der Waals surface area contributed by atoms with Crippen molar-refractivity contribution in [1.29, 1.82) is 0 Å². The first kappa shape index (κ1) is 9.30. The molecule has 12 heavy (non-hydrogen) atoms. The summed E-state index contributed by atoms with van der Waals surface area (Å²) >= 11 is 0. The molecule has 0 bridgehead atoms. The molecule has 0 amide bonds. The van der Waals surface area contributed by atoms with E-state index in [2.05, 4.69) is 43.4 Å². The number of hydrogen-bond donors (Lipinski definition) is 0. The van der Waals surface area contributed by atoms with Crippen LogP contribution in [-0.4, -0.2) is 9.55 Å². The van der Waals surface area contributed by atoms with E-state index in [9.17, 15) is 0 Å². The largest absolute Gasteiger partial charge is 0.335 e. The molecule has 0 aliphatic carbocycles. The van der Waals surface area contributed by atoms with E-state index in [1.165, 1.54) is 12.1 Å². The fourth-order valence-corrected chi connectivity index (χ4v) is 1.28. The summed E-state index contributed by atoms with van der Waals surface area (Å²) in [5, 5.41) is 0. The van der Waals surface area contributed by atoms with Crippen LogP contribution in [0.3, 0.4) is 0 Å². The predicted octanol–water partition coefficient (Wildman–Crippen LogP) is 2.72. The van der Waals surface area contributed by atoms with Crippen LogP contribution < -0.4 is 0 Å². The van der Waals surface area contributed by atoms with E-state index < -0.39 is 0 Å². The van der Waals surface area contributed by atoms with Gasteiger partial charge in [0.1, 0.15) is 5.82 Å². The summed E-state index contributed by atoms with van der Waals surface area (Å²) in [6.07, 6.45) is 3.35. The van der Waals surface area contributed by atoms with Crippen LogP contribution in [0, 0.1) is 6.92 Å². The minimum absolute atomic E-state index is 0.543. The van der Waals surface area contributed by atoms with Crippen LogP contribution in [0.5, 0.6) is 0 Å².